The highest BCUT2D eigenvalue weighted by atomic mass is 32.2. The van der Waals surface area contributed by atoms with E-state index < -0.39 is 0 Å². The van der Waals surface area contributed by atoms with E-state index in [9.17, 15) is 4.79 Å². The summed E-state index contributed by atoms with van der Waals surface area (Å²) in [5, 5.41) is 4.12. The Balaban J connectivity index is 1.54. The molecule has 7 heteroatoms. The molecule has 0 unspecified atom stereocenters. The van der Waals surface area contributed by atoms with Gasteiger partial charge < -0.3 is 4.57 Å². The maximum atomic E-state index is 12.1. The Morgan fingerprint density at radius 3 is 2.89 bits per heavy atom. The van der Waals surface area contributed by atoms with Gasteiger partial charge in [0.2, 0.25) is 0 Å². The Labute approximate surface area is 167 Å². The minimum atomic E-state index is -0.133. The summed E-state index contributed by atoms with van der Waals surface area (Å²) in [5.74, 6) is 0.745. The molecule has 3 rings (SSSR count). The molecule has 1 amide bonds. The van der Waals surface area contributed by atoms with Crippen LogP contribution < -0.4 is 5.43 Å². The van der Waals surface area contributed by atoms with E-state index in [1.165, 1.54) is 23.1 Å². The van der Waals surface area contributed by atoms with Gasteiger partial charge in [0, 0.05) is 23.5 Å². The van der Waals surface area contributed by atoms with Crippen molar-refractivity contribution in [2.24, 2.45) is 11.0 Å². The van der Waals surface area contributed by atoms with Gasteiger partial charge in [-0.15, -0.1) is 11.3 Å². The first-order valence-corrected chi connectivity index (χ1v) is 10.7. The second-order valence-corrected chi connectivity index (χ2v) is 9.11. The lowest BCUT2D eigenvalue weighted by atomic mass is 10.2. The van der Waals surface area contributed by atoms with Gasteiger partial charge in [0.25, 0.3) is 5.91 Å². The molecule has 1 N–H and O–H groups in total. The standard InChI is InChI=1S/C20H24N4OS2/c1-13(2)11-24-14(3)9-16(15(24)4)10-21-23-19(25)12-26-20-22-17-7-5-6-8-18(17)27-20/h5-10,13H,11-12H2,1-4H3,(H,23,25)/b21-10-. The molecule has 5 nitrogen and oxygen atoms in total. The second kappa shape index (κ2) is 8.71. The van der Waals surface area contributed by atoms with Crippen molar-refractivity contribution in [3.63, 3.8) is 0 Å². The lowest BCUT2D eigenvalue weighted by Crippen LogP contribution is -2.19. The van der Waals surface area contributed by atoms with Crippen molar-refractivity contribution in [2.45, 2.75) is 38.6 Å². The number of fused-ring (bicyclic) bond motifs is 1. The number of amides is 1. The Morgan fingerprint density at radius 2 is 2.15 bits per heavy atom. The number of thiazole rings is 1. The van der Waals surface area contributed by atoms with Crippen molar-refractivity contribution in [3.05, 3.63) is 47.3 Å². The van der Waals surface area contributed by atoms with Crippen molar-refractivity contribution in [3.8, 4) is 0 Å². The van der Waals surface area contributed by atoms with Crippen LogP contribution in [-0.2, 0) is 11.3 Å². The normalized spacial score (nSPS) is 11.7. The molecular formula is C20H24N4OS2. The molecule has 0 atom stereocenters. The number of nitrogens with one attached hydrogen (secondary N) is 1. The fourth-order valence-electron chi connectivity index (χ4n) is 2.85. The second-order valence-electron chi connectivity index (χ2n) is 6.86. The summed E-state index contributed by atoms with van der Waals surface area (Å²) in [4.78, 5) is 16.6. The van der Waals surface area contributed by atoms with Crippen molar-refractivity contribution in [1.82, 2.24) is 15.0 Å². The van der Waals surface area contributed by atoms with Crippen LogP contribution in [0.2, 0.25) is 0 Å². The highest BCUT2D eigenvalue weighted by Crippen LogP contribution is 2.29. The van der Waals surface area contributed by atoms with Gasteiger partial charge >= 0.3 is 0 Å². The fraction of sp³-hybridized carbons (Fsp3) is 0.350. The van der Waals surface area contributed by atoms with Gasteiger partial charge in [-0.25, -0.2) is 10.4 Å². The summed E-state index contributed by atoms with van der Waals surface area (Å²) in [6.07, 6.45) is 1.72. The molecule has 0 fully saturated rings. The molecule has 1 aromatic carbocycles. The third-order valence-electron chi connectivity index (χ3n) is 4.15. The van der Waals surface area contributed by atoms with Crippen LogP contribution >= 0.6 is 23.1 Å². The molecule has 0 radical (unpaired) electrons. The van der Waals surface area contributed by atoms with E-state index in [4.69, 9.17) is 0 Å². The highest BCUT2D eigenvalue weighted by molar-refractivity contribution is 8.01. The number of hydrogen-bond acceptors (Lipinski definition) is 5. The highest BCUT2D eigenvalue weighted by Gasteiger charge is 2.09. The number of para-hydroxylation sites is 1. The van der Waals surface area contributed by atoms with Crippen molar-refractivity contribution < 1.29 is 4.79 Å². The Kier molecular flexibility index (Phi) is 6.34. The molecule has 27 heavy (non-hydrogen) atoms. The average Bonchev–Trinajstić information content (AvgIpc) is 3.16. The smallest absolute Gasteiger partial charge is 0.250 e. The van der Waals surface area contributed by atoms with E-state index in [0.717, 1.165) is 26.7 Å². The number of thioether (sulfide) groups is 1. The van der Waals surface area contributed by atoms with Gasteiger partial charge in [0.05, 0.1) is 22.2 Å². The van der Waals surface area contributed by atoms with E-state index in [1.807, 2.05) is 24.3 Å². The topological polar surface area (TPSA) is 59.3 Å². The van der Waals surface area contributed by atoms with Crippen LogP contribution in [0.5, 0.6) is 0 Å². The number of aryl methyl sites for hydroxylation is 1. The number of benzene rings is 1. The molecule has 0 aliphatic carbocycles. The van der Waals surface area contributed by atoms with Crippen LogP contribution in [0.3, 0.4) is 0 Å². The lowest BCUT2D eigenvalue weighted by Gasteiger charge is -2.11. The number of carbonyl (C=O) groups is 1. The zero-order valence-corrected chi connectivity index (χ0v) is 17.7. The third kappa shape index (κ3) is 4.99. The zero-order chi connectivity index (χ0) is 19.4. The van der Waals surface area contributed by atoms with E-state index in [0.29, 0.717) is 11.7 Å². The molecule has 0 bridgehead atoms. The maximum absolute atomic E-state index is 12.1. The molecule has 0 spiro atoms. The summed E-state index contributed by atoms with van der Waals surface area (Å²) < 4.78 is 4.32. The maximum Gasteiger partial charge on any atom is 0.250 e. The average molecular weight is 401 g/mol. The Hall–Kier alpha value is -2.12. The molecule has 2 aromatic heterocycles. The molecule has 142 valence electrons. The molecule has 0 saturated heterocycles. The van der Waals surface area contributed by atoms with Crippen molar-refractivity contribution in [1.29, 1.82) is 0 Å². The summed E-state index contributed by atoms with van der Waals surface area (Å²) in [5.41, 5.74) is 6.99. The van der Waals surface area contributed by atoms with E-state index in [2.05, 4.69) is 53.8 Å². The van der Waals surface area contributed by atoms with Gasteiger partial charge in [0.1, 0.15) is 0 Å². The van der Waals surface area contributed by atoms with Crippen LogP contribution in [0.1, 0.15) is 30.8 Å². The van der Waals surface area contributed by atoms with Crippen LogP contribution in [0.25, 0.3) is 10.2 Å². The van der Waals surface area contributed by atoms with Crippen LogP contribution in [0.15, 0.2) is 39.8 Å². The minimum Gasteiger partial charge on any atom is -0.348 e. The summed E-state index contributed by atoms with van der Waals surface area (Å²) in [7, 11) is 0. The van der Waals surface area contributed by atoms with Gasteiger partial charge in [-0.2, -0.15) is 5.10 Å². The molecule has 0 aliphatic heterocycles. The zero-order valence-electron chi connectivity index (χ0n) is 16.0. The summed E-state index contributed by atoms with van der Waals surface area (Å²) in [6.45, 7) is 9.57. The predicted octanol–water partition coefficient (Wildman–Crippen LogP) is 4.61. The molecule has 0 saturated carbocycles. The van der Waals surface area contributed by atoms with Crippen molar-refractivity contribution in [2.75, 3.05) is 5.75 Å². The van der Waals surface area contributed by atoms with Crippen molar-refractivity contribution >= 4 is 45.4 Å². The summed E-state index contributed by atoms with van der Waals surface area (Å²) in [6, 6.07) is 10.1. The Morgan fingerprint density at radius 1 is 1.37 bits per heavy atom. The third-order valence-corrected chi connectivity index (χ3v) is 6.33. The van der Waals surface area contributed by atoms with Gasteiger partial charge in [-0.3, -0.25) is 4.79 Å². The first-order chi connectivity index (χ1) is 12.9. The Bertz CT molecular complexity index is 939. The molecular weight excluding hydrogens is 376 g/mol. The van der Waals surface area contributed by atoms with Crippen LogP contribution in [-0.4, -0.2) is 27.4 Å². The number of hydrazone groups is 1. The molecule has 3 aromatic rings. The van der Waals surface area contributed by atoms with Crippen LogP contribution in [0, 0.1) is 19.8 Å². The van der Waals surface area contributed by atoms with Crippen LogP contribution in [0.4, 0.5) is 0 Å². The number of hydrogen-bond donors (Lipinski definition) is 1. The largest absolute Gasteiger partial charge is 0.348 e. The van der Waals surface area contributed by atoms with Gasteiger partial charge in [-0.05, 0) is 38.0 Å². The SMILES string of the molecule is Cc1cc(/C=N\NC(=O)CSc2nc3ccccc3s2)c(C)n1CC(C)C. The number of rotatable bonds is 7. The monoisotopic (exact) mass is 400 g/mol. The number of carbonyl (C=O) groups excluding carboxylic acids is 1. The first-order valence-electron chi connectivity index (χ1n) is 8.91. The van der Waals surface area contributed by atoms with Gasteiger partial charge in [-0.1, -0.05) is 37.7 Å². The molecule has 0 aliphatic rings. The van der Waals surface area contributed by atoms with E-state index >= 15 is 0 Å². The fourth-order valence-corrected chi connectivity index (χ4v) is 4.71. The predicted molar refractivity (Wildman–Crippen MR) is 115 cm³/mol. The van der Waals surface area contributed by atoms with E-state index in [1.54, 1.807) is 17.6 Å². The first kappa shape index (κ1) is 19.6. The molecule has 2 heterocycles. The quantitative estimate of drug-likeness (QED) is 0.358. The number of nitrogens with zero attached hydrogens (tertiary/aromatic N) is 3. The van der Waals surface area contributed by atoms with Gasteiger partial charge in [0.15, 0.2) is 4.34 Å². The summed E-state index contributed by atoms with van der Waals surface area (Å²) >= 11 is 3.04. The minimum absolute atomic E-state index is 0.133. The number of aromatic nitrogens is 2. The lowest BCUT2D eigenvalue weighted by molar-refractivity contribution is -0.118. The van der Waals surface area contributed by atoms with E-state index in [-0.39, 0.29) is 5.91 Å².